The Labute approximate surface area is 157 Å². The maximum atomic E-state index is 11.4. The molecule has 4 rings (SSSR count). The molecule has 1 fully saturated rings. The van der Waals surface area contributed by atoms with Crippen molar-refractivity contribution in [2.75, 3.05) is 11.9 Å². The number of nitro benzene ring substituents is 1. The molecule has 0 saturated heterocycles. The number of hydrogen-bond donors (Lipinski definition) is 2. The Morgan fingerprint density at radius 1 is 1.26 bits per heavy atom. The van der Waals surface area contributed by atoms with Crippen molar-refractivity contribution in [3.63, 3.8) is 0 Å². The van der Waals surface area contributed by atoms with E-state index in [4.69, 9.17) is 5.14 Å². The van der Waals surface area contributed by atoms with Crippen LogP contribution in [-0.4, -0.2) is 19.9 Å². The molecule has 27 heavy (non-hydrogen) atoms. The van der Waals surface area contributed by atoms with Gasteiger partial charge < -0.3 is 5.32 Å². The highest BCUT2D eigenvalue weighted by Gasteiger charge is 2.56. The molecule has 0 aromatic heterocycles. The first-order chi connectivity index (χ1) is 12.8. The Hall–Kier alpha value is -2.45. The number of nitrogens with one attached hydrogen (secondary N) is 1. The summed E-state index contributed by atoms with van der Waals surface area (Å²) in [5.74, 6) is 0.413. The molecular weight excluding hydrogens is 366 g/mol. The zero-order chi connectivity index (χ0) is 19.2. The van der Waals surface area contributed by atoms with Gasteiger partial charge in [0.1, 0.15) is 5.69 Å². The summed E-state index contributed by atoms with van der Waals surface area (Å²) in [6, 6.07) is 12.3. The summed E-state index contributed by atoms with van der Waals surface area (Å²) in [5, 5.41) is 19.6. The maximum Gasteiger partial charge on any atom is 0.293 e. The van der Waals surface area contributed by atoms with E-state index in [0.717, 1.165) is 31.7 Å². The molecule has 2 aromatic carbocycles. The molecule has 1 saturated carbocycles. The average molecular weight is 387 g/mol. The topological polar surface area (TPSA) is 115 Å². The first-order valence-corrected chi connectivity index (χ1v) is 10.5. The third kappa shape index (κ3) is 3.19. The standard InChI is InChI=1S/C19H21N3O4S/c20-27(25,26)15-7-8-17(18(10-15)22(23)24)21-12-14-11-19(14)9-3-5-13-4-1-2-6-16(13)19/h1-2,4,6-8,10,14,21H,3,5,9,11-12H2,(H2,20,25,26). The molecule has 8 heteroatoms. The third-order valence-corrected chi connectivity index (χ3v) is 6.80. The molecule has 2 atom stereocenters. The summed E-state index contributed by atoms with van der Waals surface area (Å²) in [5.41, 5.74) is 3.05. The van der Waals surface area contributed by atoms with Crippen molar-refractivity contribution in [3.05, 3.63) is 63.7 Å². The molecule has 0 aliphatic heterocycles. The molecule has 7 nitrogen and oxygen atoms in total. The molecule has 2 aliphatic carbocycles. The first kappa shape index (κ1) is 17.9. The predicted octanol–water partition coefficient (Wildman–Crippen LogP) is 2.95. The Bertz CT molecular complexity index is 1020. The predicted molar refractivity (Wildman–Crippen MR) is 102 cm³/mol. The number of aryl methyl sites for hydroxylation is 1. The van der Waals surface area contributed by atoms with E-state index in [1.165, 1.54) is 23.3 Å². The van der Waals surface area contributed by atoms with Crippen molar-refractivity contribution < 1.29 is 13.3 Å². The number of anilines is 1. The van der Waals surface area contributed by atoms with Gasteiger partial charge in [-0.05, 0) is 54.9 Å². The fourth-order valence-corrected chi connectivity index (χ4v) is 4.99. The number of benzene rings is 2. The zero-order valence-corrected chi connectivity index (χ0v) is 15.5. The summed E-state index contributed by atoms with van der Waals surface area (Å²) in [7, 11) is -3.98. The second-order valence-electron chi connectivity index (χ2n) is 7.43. The Morgan fingerprint density at radius 3 is 2.78 bits per heavy atom. The molecule has 0 bridgehead atoms. The molecular formula is C19H21N3O4S. The van der Waals surface area contributed by atoms with Gasteiger partial charge in [0.15, 0.2) is 0 Å². The lowest BCUT2D eigenvalue weighted by atomic mass is 9.78. The smallest absolute Gasteiger partial charge is 0.293 e. The number of primary sulfonamides is 1. The van der Waals surface area contributed by atoms with E-state index in [9.17, 15) is 18.5 Å². The van der Waals surface area contributed by atoms with E-state index in [-0.39, 0.29) is 16.0 Å². The molecule has 1 spiro atoms. The van der Waals surface area contributed by atoms with Gasteiger partial charge in [-0.25, -0.2) is 13.6 Å². The summed E-state index contributed by atoms with van der Waals surface area (Å²) < 4.78 is 22.9. The second-order valence-corrected chi connectivity index (χ2v) is 8.99. The fraction of sp³-hybridized carbons (Fsp3) is 0.368. The van der Waals surface area contributed by atoms with Gasteiger partial charge in [0.25, 0.3) is 5.69 Å². The van der Waals surface area contributed by atoms with Crippen LogP contribution in [0.1, 0.15) is 30.4 Å². The first-order valence-electron chi connectivity index (χ1n) is 8.95. The van der Waals surface area contributed by atoms with Gasteiger partial charge in [-0.15, -0.1) is 0 Å². The highest BCUT2D eigenvalue weighted by Crippen LogP contribution is 2.60. The van der Waals surface area contributed by atoms with Crippen LogP contribution >= 0.6 is 0 Å². The number of sulfonamides is 1. The minimum atomic E-state index is -3.98. The van der Waals surface area contributed by atoms with Gasteiger partial charge in [0, 0.05) is 18.0 Å². The van der Waals surface area contributed by atoms with Gasteiger partial charge in [0.2, 0.25) is 10.0 Å². The summed E-state index contributed by atoms with van der Waals surface area (Å²) in [6.07, 6.45) is 4.48. The SMILES string of the molecule is NS(=O)(=O)c1ccc(NCC2CC23CCCc2ccccc23)c([N+](=O)[O-])c1. The highest BCUT2D eigenvalue weighted by molar-refractivity contribution is 7.89. The van der Waals surface area contributed by atoms with Crippen LogP contribution in [0.5, 0.6) is 0 Å². The number of hydrogen-bond acceptors (Lipinski definition) is 5. The van der Waals surface area contributed by atoms with Gasteiger partial charge in [-0.3, -0.25) is 10.1 Å². The quantitative estimate of drug-likeness (QED) is 0.604. The molecule has 0 amide bonds. The molecule has 0 heterocycles. The third-order valence-electron chi connectivity index (χ3n) is 5.89. The highest BCUT2D eigenvalue weighted by atomic mass is 32.2. The lowest BCUT2D eigenvalue weighted by molar-refractivity contribution is -0.384. The van der Waals surface area contributed by atoms with Gasteiger partial charge in [0.05, 0.1) is 9.82 Å². The van der Waals surface area contributed by atoms with Crippen LogP contribution in [0.25, 0.3) is 0 Å². The lowest BCUT2D eigenvalue weighted by Gasteiger charge is -2.26. The van der Waals surface area contributed by atoms with E-state index in [0.29, 0.717) is 18.2 Å². The second kappa shape index (κ2) is 6.31. The van der Waals surface area contributed by atoms with Crippen LogP contribution in [0.4, 0.5) is 11.4 Å². The summed E-state index contributed by atoms with van der Waals surface area (Å²) in [6.45, 7) is 0.615. The van der Waals surface area contributed by atoms with Crippen LogP contribution in [-0.2, 0) is 21.9 Å². The molecule has 2 aromatic rings. The summed E-state index contributed by atoms with van der Waals surface area (Å²) >= 11 is 0. The van der Waals surface area contributed by atoms with Crippen molar-refractivity contribution >= 4 is 21.4 Å². The Morgan fingerprint density at radius 2 is 2.04 bits per heavy atom. The van der Waals surface area contributed by atoms with E-state index in [1.54, 1.807) is 0 Å². The van der Waals surface area contributed by atoms with Crippen molar-refractivity contribution in [1.82, 2.24) is 0 Å². The Kier molecular flexibility index (Phi) is 4.20. The van der Waals surface area contributed by atoms with Crippen molar-refractivity contribution in [3.8, 4) is 0 Å². The van der Waals surface area contributed by atoms with Crippen molar-refractivity contribution in [2.45, 2.75) is 36.0 Å². The van der Waals surface area contributed by atoms with E-state index < -0.39 is 14.9 Å². The molecule has 142 valence electrons. The van der Waals surface area contributed by atoms with Gasteiger partial charge in [-0.2, -0.15) is 0 Å². The van der Waals surface area contributed by atoms with Crippen LogP contribution in [0.15, 0.2) is 47.4 Å². The Balaban J connectivity index is 1.54. The minimum absolute atomic E-state index is 0.178. The van der Waals surface area contributed by atoms with Crippen molar-refractivity contribution in [2.24, 2.45) is 11.1 Å². The van der Waals surface area contributed by atoms with Crippen molar-refractivity contribution in [1.29, 1.82) is 0 Å². The zero-order valence-electron chi connectivity index (χ0n) is 14.7. The van der Waals surface area contributed by atoms with Crippen LogP contribution in [0.3, 0.4) is 0 Å². The van der Waals surface area contributed by atoms with E-state index >= 15 is 0 Å². The van der Waals surface area contributed by atoms with Crippen LogP contribution in [0.2, 0.25) is 0 Å². The average Bonchev–Trinajstić information content (AvgIpc) is 3.32. The van der Waals surface area contributed by atoms with Crippen LogP contribution in [0, 0.1) is 16.0 Å². The number of nitro groups is 1. The number of nitrogens with zero attached hydrogens (tertiary/aromatic N) is 1. The number of rotatable bonds is 5. The lowest BCUT2D eigenvalue weighted by Crippen LogP contribution is -2.21. The monoisotopic (exact) mass is 387 g/mol. The molecule has 2 aliphatic rings. The van der Waals surface area contributed by atoms with Gasteiger partial charge in [-0.1, -0.05) is 24.3 Å². The number of nitrogens with two attached hydrogens (primary N) is 1. The van der Waals surface area contributed by atoms with E-state index in [1.807, 2.05) is 0 Å². The minimum Gasteiger partial charge on any atom is -0.379 e. The molecule has 3 N–H and O–H groups in total. The maximum absolute atomic E-state index is 11.4. The fourth-order valence-electron chi connectivity index (χ4n) is 4.46. The molecule has 2 unspecified atom stereocenters. The van der Waals surface area contributed by atoms with Gasteiger partial charge >= 0.3 is 0 Å². The molecule has 0 radical (unpaired) electrons. The van der Waals surface area contributed by atoms with E-state index in [2.05, 4.69) is 29.6 Å². The largest absolute Gasteiger partial charge is 0.379 e. The van der Waals surface area contributed by atoms with Crippen LogP contribution < -0.4 is 10.5 Å². The number of fused-ring (bicyclic) bond motifs is 2. The normalized spacial score (nSPS) is 23.7. The summed E-state index contributed by atoms with van der Waals surface area (Å²) in [4.78, 5) is 10.5.